The Hall–Kier alpha value is -1.86. The van der Waals surface area contributed by atoms with Crippen molar-refractivity contribution in [2.45, 2.75) is 56.1 Å². The van der Waals surface area contributed by atoms with Crippen molar-refractivity contribution in [1.82, 2.24) is 5.32 Å². The topological polar surface area (TPSA) is 27.8 Å². The molecule has 0 radical (unpaired) electrons. The maximum Gasteiger partial charge on any atom is 0.189 e. The van der Waals surface area contributed by atoms with Crippen LogP contribution in [-0.4, -0.2) is 38.1 Å². The number of nitrogens with one attached hydrogen (secondary N) is 1. The van der Waals surface area contributed by atoms with Gasteiger partial charge in [-0.15, -0.1) is 11.8 Å². The minimum Gasteiger partial charge on any atom is -0.378 e. The maximum absolute atomic E-state index is 13.7. The number of nitrogens with zero attached hydrogens (tertiary/aromatic N) is 1. The van der Waals surface area contributed by atoms with Gasteiger partial charge in [0.25, 0.3) is 0 Å². The molecule has 1 saturated heterocycles. The molecule has 0 aromatic heterocycles. The second-order valence-corrected chi connectivity index (χ2v) is 11.5. The van der Waals surface area contributed by atoms with Gasteiger partial charge in [0.05, 0.1) is 12.6 Å². The number of allylic oxidation sites excluding steroid dienone is 2. The van der Waals surface area contributed by atoms with E-state index in [1.54, 1.807) is 11.8 Å². The van der Waals surface area contributed by atoms with E-state index < -0.39 is 23.5 Å². The number of thioether (sulfide) groups is 1. The van der Waals surface area contributed by atoms with E-state index in [1.165, 1.54) is 12.8 Å². The van der Waals surface area contributed by atoms with Crippen LogP contribution in [0.2, 0.25) is 0 Å². The first-order valence-corrected chi connectivity index (χ1v) is 13.0. The smallest absolute Gasteiger partial charge is 0.189 e. The Balaban J connectivity index is 1.43. The van der Waals surface area contributed by atoms with Crippen molar-refractivity contribution in [2.75, 3.05) is 31.4 Å². The largest absolute Gasteiger partial charge is 0.378 e. The number of ether oxygens (including phenoxy) is 1. The van der Waals surface area contributed by atoms with E-state index in [-0.39, 0.29) is 12.0 Å². The Morgan fingerprint density at radius 1 is 1.21 bits per heavy atom. The minimum atomic E-state index is -1.41. The predicted octanol–water partition coefficient (Wildman–Crippen LogP) is 7.02. The Labute approximate surface area is 205 Å². The zero-order valence-corrected chi connectivity index (χ0v) is 21.3. The highest BCUT2D eigenvalue weighted by Gasteiger charge is 2.47. The molecule has 34 heavy (non-hydrogen) atoms. The molecule has 0 bridgehead atoms. The zero-order chi connectivity index (χ0) is 24.6. The summed E-state index contributed by atoms with van der Waals surface area (Å²) in [4.78, 5) is 3.18. The van der Waals surface area contributed by atoms with Crippen LogP contribution < -0.4 is 10.2 Å². The molecule has 3 unspecified atom stereocenters. The lowest BCUT2D eigenvalue weighted by atomic mass is 9.94. The van der Waals surface area contributed by atoms with Gasteiger partial charge in [0.2, 0.25) is 0 Å². The molecule has 1 aromatic carbocycles. The lowest BCUT2D eigenvalue weighted by molar-refractivity contribution is 0.272. The van der Waals surface area contributed by atoms with Crippen LogP contribution in [0.5, 0.6) is 0 Å². The van der Waals surface area contributed by atoms with Crippen LogP contribution in [-0.2, 0) is 4.74 Å². The van der Waals surface area contributed by atoms with E-state index in [2.05, 4.69) is 36.7 Å². The lowest BCUT2D eigenvalue weighted by Gasteiger charge is -2.23. The molecule has 1 aliphatic heterocycles. The fourth-order valence-corrected chi connectivity index (χ4v) is 6.50. The highest BCUT2D eigenvalue weighted by molar-refractivity contribution is 7.99. The fourth-order valence-electron chi connectivity index (χ4n) is 5.18. The molecule has 1 heterocycles. The lowest BCUT2D eigenvalue weighted by Crippen LogP contribution is -2.27. The van der Waals surface area contributed by atoms with Gasteiger partial charge in [0.1, 0.15) is 11.4 Å². The number of hydrogen-bond donors (Lipinski definition) is 1. The van der Waals surface area contributed by atoms with Gasteiger partial charge in [-0.2, -0.15) is 0 Å². The van der Waals surface area contributed by atoms with Crippen LogP contribution >= 0.6 is 11.8 Å². The van der Waals surface area contributed by atoms with Gasteiger partial charge in [-0.3, -0.25) is 0 Å². The molecule has 1 N–H and O–H groups in total. The first-order valence-electron chi connectivity index (χ1n) is 12.0. The van der Waals surface area contributed by atoms with E-state index in [0.29, 0.717) is 5.70 Å². The number of hydrogen-bond acceptors (Lipinski definition) is 4. The predicted molar refractivity (Wildman–Crippen MR) is 135 cm³/mol. The van der Waals surface area contributed by atoms with Gasteiger partial charge < -0.3 is 15.0 Å². The molecule has 3 aliphatic rings. The van der Waals surface area contributed by atoms with E-state index in [9.17, 15) is 13.2 Å². The van der Waals surface area contributed by atoms with Crippen molar-refractivity contribution in [3.8, 4) is 0 Å². The Morgan fingerprint density at radius 3 is 2.47 bits per heavy atom. The van der Waals surface area contributed by atoms with Gasteiger partial charge in [-0.25, -0.2) is 13.2 Å². The summed E-state index contributed by atoms with van der Waals surface area (Å²) >= 11 is 1.78. The van der Waals surface area contributed by atoms with Crippen molar-refractivity contribution >= 4 is 23.1 Å². The van der Waals surface area contributed by atoms with Crippen LogP contribution in [0.15, 0.2) is 53.2 Å². The third kappa shape index (κ3) is 5.68. The summed E-state index contributed by atoms with van der Waals surface area (Å²) in [5.41, 5.74) is 2.44. The molecule has 2 aliphatic carbocycles. The van der Waals surface area contributed by atoms with Crippen LogP contribution in [0.4, 0.5) is 18.9 Å². The van der Waals surface area contributed by atoms with Crippen molar-refractivity contribution < 1.29 is 17.9 Å². The zero-order valence-electron chi connectivity index (χ0n) is 20.5. The van der Waals surface area contributed by atoms with Crippen molar-refractivity contribution in [3.63, 3.8) is 0 Å². The van der Waals surface area contributed by atoms with Crippen molar-refractivity contribution in [2.24, 2.45) is 17.8 Å². The molecule has 0 amide bonds. The van der Waals surface area contributed by atoms with Crippen molar-refractivity contribution in [1.29, 1.82) is 0 Å². The summed E-state index contributed by atoms with van der Waals surface area (Å²) in [6, 6.07) is 5.34. The molecule has 7 heteroatoms. The Bertz CT molecular complexity index is 992. The summed E-state index contributed by atoms with van der Waals surface area (Å²) < 4.78 is 46.6. The van der Waals surface area contributed by atoms with E-state index in [4.69, 9.17) is 4.74 Å². The van der Waals surface area contributed by atoms with E-state index in [0.717, 1.165) is 58.8 Å². The molecule has 0 spiro atoms. The SMILES string of the molecule is C=C(NC1C=C(F)C(F)=C(F)C1)c1ccc(N(C)C)c(SC[C@]2(CC3CC(C)C(C)C3)CO2)c1. The second-order valence-electron chi connectivity index (χ2n) is 10.5. The van der Waals surface area contributed by atoms with Crippen LogP contribution in [0.3, 0.4) is 0 Å². The quantitative estimate of drug-likeness (QED) is 0.296. The highest BCUT2D eigenvalue weighted by atomic mass is 32.2. The summed E-state index contributed by atoms with van der Waals surface area (Å²) in [5.74, 6) is -0.453. The van der Waals surface area contributed by atoms with E-state index >= 15 is 0 Å². The molecule has 186 valence electrons. The summed E-state index contributed by atoms with van der Waals surface area (Å²) in [6.45, 7) is 9.60. The molecule has 2 fully saturated rings. The first kappa shape index (κ1) is 25.2. The van der Waals surface area contributed by atoms with Gasteiger partial charge in [-0.05, 0) is 60.8 Å². The molecule has 1 saturated carbocycles. The summed E-state index contributed by atoms with van der Waals surface area (Å²) in [7, 11) is 4.02. The average Bonchev–Trinajstić information content (AvgIpc) is 3.47. The van der Waals surface area contributed by atoms with Gasteiger partial charge in [0, 0.05) is 42.5 Å². The van der Waals surface area contributed by atoms with Crippen LogP contribution in [0, 0.1) is 17.8 Å². The minimum absolute atomic E-state index is 0.0354. The van der Waals surface area contributed by atoms with Gasteiger partial charge in [0.15, 0.2) is 11.7 Å². The van der Waals surface area contributed by atoms with E-state index in [1.807, 2.05) is 26.2 Å². The number of epoxide rings is 1. The molecule has 3 nitrogen and oxygen atoms in total. The number of anilines is 1. The summed E-state index contributed by atoms with van der Waals surface area (Å²) in [6.07, 6.45) is 4.52. The number of rotatable bonds is 9. The van der Waals surface area contributed by atoms with Crippen LogP contribution in [0.1, 0.15) is 45.1 Å². The molecular formula is C27H35F3N2OS. The average molecular weight is 493 g/mol. The van der Waals surface area contributed by atoms with Crippen molar-refractivity contribution in [3.05, 3.63) is 53.9 Å². The van der Waals surface area contributed by atoms with Crippen LogP contribution in [0.25, 0.3) is 5.70 Å². The molecular weight excluding hydrogens is 457 g/mol. The standard InChI is InChI=1S/C27H35F3N2OS/c1-16-8-19(9-17(16)2)13-27(14-33-27)15-34-25-10-20(6-7-24(25)32(4)5)18(3)31-21-11-22(28)26(30)23(29)12-21/h6-7,10-11,16-17,19,21,31H,3,8-9,12-15H2,1-2,4-5H3/t16?,17?,19?,21?,27-/m0/s1. The van der Waals surface area contributed by atoms with Gasteiger partial charge >= 0.3 is 0 Å². The molecule has 1 aromatic rings. The Kier molecular flexibility index (Phi) is 7.44. The summed E-state index contributed by atoms with van der Waals surface area (Å²) in [5, 5.41) is 3.03. The third-order valence-corrected chi connectivity index (χ3v) is 8.74. The number of halogens is 3. The second kappa shape index (κ2) is 10.0. The normalized spacial score (nSPS) is 30.9. The fraction of sp³-hybridized carbons (Fsp3) is 0.556. The molecule has 4 atom stereocenters. The highest BCUT2D eigenvalue weighted by Crippen LogP contribution is 2.47. The maximum atomic E-state index is 13.7. The number of benzene rings is 1. The first-order chi connectivity index (χ1) is 16.1. The monoisotopic (exact) mass is 492 g/mol. The van der Waals surface area contributed by atoms with Gasteiger partial charge in [-0.1, -0.05) is 26.5 Å². The third-order valence-electron chi connectivity index (χ3n) is 7.43. The Morgan fingerprint density at radius 2 is 1.88 bits per heavy atom. The molecule has 4 rings (SSSR count).